The maximum absolute atomic E-state index is 3.50. The minimum absolute atomic E-state index is 1.22. The predicted octanol–water partition coefficient (Wildman–Crippen LogP) is 2.44. The average molecular weight is 106 g/mol. The van der Waals surface area contributed by atoms with E-state index in [1.165, 1.54) is 24.8 Å². The Bertz CT molecular complexity index is 145. The van der Waals surface area contributed by atoms with E-state index in [1.807, 2.05) is 6.08 Å². The molecule has 1 aliphatic rings. The summed E-state index contributed by atoms with van der Waals surface area (Å²) in [6, 6.07) is 0. The number of allylic oxidation sites excluding steroid dienone is 3. The van der Waals surface area contributed by atoms with Crippen molar-refractivity contribution in [3.63, 3.8) is 0 Å². The Morgan fingerprint density at radius 1 is 1.75 bits per heavy atom. The van der Waals surface area contributed by atoms with Gasteiger partial charge in [-0.1, -0.05) is 12.7 Å². The molecule has 0 fully saturated rings. The highest BCUT2D eigenvalue weighted by atomic mass is 14.0. The lowest BCUT2D eigenvalue weighted by Gasteiger charge is -1.83. The molecule has 0 bridgehead atoms. The summed E-state index contributed by atoms with van der Waals surface area (Å²) in [6.45, 7) is 3.50. The van der Waals surface area contributed by atoms with Gasteiger partial charge in [-0.15, -0.1) is 5.73 Å². The molecular weight excluding hydrogens is 96.1 g/mol. The molecule has 0 aromatic rings. The van der Waals surface area contributed by atoms with Gasteiger partial charge in [-0.05, 0) is 30.9 Å². The number of hydrogen-bond donors (Lipinski definition) is 0. The number of rotatable bonds is 1. The van der Waals surface area contributed by atoms with Gasteiger partial charge in [0.15, 0.2) is 0 Å². The van der Waals surface area contributed by atoms with Crippen molar-refractivity contribution in [2.45, 2.75) is 19.3 Å². The first kappa shape index (κ1) is 5.40. The molecule has 0 amide bonds. The fourth-order valence-corrected chi connectivity index (χ4v) is 0.958. The first-order valence-electron chi connectivity index (χ1n) is 2.98. The molecule has 1 aliphatic carbocycles. The van der Waals surface area contributed by atoms with Crippen LogP contribution in [0.5, 0.6) is 0 Å². The van der Waals surface area contributed by atoms with Crippen LogP contribution in [0, 0.1) is 0 Å². The fourth-order valence-electron chi connectivity index (χ4n) is 0.958. The summed E-state index contributed by atoms with van der Waals surface area (Å²) in [5.41, 5.74) is 4.17. The van der Waals surface area contributed by atoms with Gasteiger partial charge in [-0.3, -0.25) is 0 Å². The molecule has 0 saturated heterocycles. The van der Waals surface area contributed by atoms with Crippen LogP contribution in [0.3, 0.4) is 0 Å². The van der Waals surface area contributed by atoms with Gasteiger partial charge in [-0.25, -0.2) is 0 Å². The third kappa shape index (κ3) is 1.11. The summed E-state index contributed by atoms with van der Waals surface area (Å²) >= 11 is 0. The minimum atomic E-state index is 1.22. The molecule has 0 heteroatoms. The summed E-state index contributed by atoms with van der Waals surface area (Å²) in [4.78, 5) is 0. The van der Waals surface area contributed by atoms with Gasteiger partial charge in [0.25, 0.3) is 0 Å². The average Bonchev–Trinajstić information content (AvgIpc) is 2.19. The van der Waals surface area contributed by atoms with Crippen LogP contribution < -0.4 is 0 Å². The molecule has 8 heavy (non-hydrogen) atoms. The van der Waals surface area contributed by atoms with Gasteiger partial charge in [0.1, 0.15) is 0 Å². The molecule has 0 nitrogen and oxygen atoms in total. The quantitative estimate of drug-likeness (QED) is 0.450. The molecule has 42 valence electrons. The highest BCUT2D eigenvalue weighted by molar-refractivity contribution is 5.20. The topological polar surface area (TPSA) is 0 Å². The van der Waals surface area contributed by atoms with Gasteiger partial charge < -0.3 is 0 Å². The van der Waals surface area contributed by atoms with E-state index in [-0.39, 0.29) is 0 Å². The maximum atomic E-state index is 3.50. The molecule has 1 rings (SSSR count). The van der Waals surface area contributed by atoms with E-state index in [0.29, 0.717) is 0 Å². The van der Waals surface area contributed by atoms with Gasteiger partial charge in [0.05, 0.1) is 0 Å². The molecule has 0 radical (unpaired) electrons. The zero-order valence-corrected chi connectivity index (χ0v) is 4.98. The Morgan fingerprint density at radius 3 is 3.12 bits per heavy atom. The second kappa shape index (κ2) is 2.54. The zero-order valence-electron chi connectivity index (χ0n) is 4.98. The lowest BCUT2D eigenvalue weighted by atomic mass is 10.2. The van der Waals surface area contributed by atoms with Crippen molar-refractivity contribution < 1.29 is 0 Å². The van der Waals surface area contributed by atoms with E-state index in [4.69, 9.17) is 0 Å². The van der Waals surface area contributed by atoms with Crippen molar-refractivity contribution in [1.29, 1.82) is 0 Å². The highest BCUT2D eigenvalue weighted by Crippen LogP contribution is 2.17. The standard InChI is InChI=1S/C8H10/c1-2-5-8-6-3-4-7-8/h5-6H,1,3-4,7H2. The summed E-state index contributed by atoms with van der Waals surface area (Å²) in [6.07, 6.45) is 7.99. The molecular formula is C8H10. The highest BCUT2D eigenvalue weighted by Gasteiger charge is 1.98. The second-order valence-corrected chi connectivity index (χ2v) is 2.02. The van der Waals surface area contributed by atoms with Crippen molar-refractivity contribution >= 4 is 0 Å². The Morgan fingerprint density at radius 2 is 2.62 bits per heavy atom. The molecule has 0 unspecified atom stereocenters. The van der Waals surface area contributed by atoms with Crippen LogP contribution in [0.1, 0.15) is 19.3 Å². The van der Waals surface area contributed by atoms with Gasteiger partial charge in [0.2, 0.25) is 0 Å². The Labute approximate surface area is 50.2 Å². The molecule has 0 spiro atoms. The van der Waals surface area contributed by atoms with E-state index in [9.17, 15) is 0 Å². The van der Waals surface area contributed by atoms with Crippen LogP contribution in [0.4, 0.5) is 0 Å². The maximum Gasteiger partial charge on any atom is -0.0177 e. The first-order valence-corrected chi connectivity index (χ1v) is 2.98. The summed E-state index contributed by atoms with van der Waals surface area (Å²) in [5, 5.41) is 0. The minimum Gasteiger partial charge on any atom is -0.128 e. The van der Waals surface area contributed by atoms with E-state index in [2.05, 4.69) is 18.4 Å². The van der Waals surface area contributed by atoms with Crippen LogP contribution in [0.25, 0.3) is 0 Å². The van der Waals surface area contributed by atoms with Crippen molar-refractivity contribution in [1.82, 2.24) is 0 Å². The Kier molecular flexibility index (Phi) is 1.71. The lowest BCUT2D eigenvalue weighted by Crippen LogP contribution is -1.64. The molecule has 0 N–H and O–H groups in total. The third-order valence-electron chi connectivity index (χ3n) is 1.36. The van der Waals surface area contributed by atoms with Crippen LogP contribution in [-0.2, 0) is 0 Å². The zero-order chi connectivity index (χ0) is 5.82. The largest absolute Gasteiger partial charge is 0.128 e. The normalized spacial score (nSPS) is 17.2. The SMILES string of the molecule is C=C=CC1=CCCC1. The summed E-state index contributed by atoms with van der Waals surface area (Å²) in [5.74, 6) is 0. The molecule has 0 heterocycles. The van der Waals surface area contributed by atoms with E-state index >= 15 is 0 Å². The summed E-state index contributed by atoms with van der Waals surface area (Å²) < 4.78 is 0. The third-order valence-corrected chi connectivity index (χ3v) is 1.36. The fraction of sp³-hybridized carbons (Fsp3) is 0.375. The van der Waals surface area contributed by atoms with Crippen molar-refractivity contribution in [2.75, 3.05) is 0 Å². The van der Waals surface area contributed by atoms with E-state index in [0.717, 1.165) is 0 Å². The van der Waals surface area contributed by atoms with Crippen molar-refractivity contribution in [2.24, 2.45) is 0 Å². The van der Waals surface area contributed by atoms with Crippen LogP contribution in [-0.4, -0.2) is 0 Å². The van der Waals surface area contributed by atoms with Gasteiger partial charge >= 0.3 is 0 Å². The van der Waals surface area contributed by atoms with Crippen LogP contribution >= 0.6 is 0 Å². The molecule has 0 saturated carbocycles. The monoisotopic (exact) mass is 106 g/mol. The second-order valence-electron chi connectivity index (χ2n) is 2.02. The van der Waals surface area contributed by atoms with Crippen LogP contribution in [0.2, 0.25) is 0 Å². The smallest absolute Gasteiger partial charge is 0.0177 e. The van der Waals surface area contributed by atoms with Gasteiger partial charge in [-0.2, -0.15) is 0 Å². The van der Waals surface area contributed by atoms with Crippen LogP contribution in [0.15, 0.2) is 30.0 Å². The van der Waals surface area contributed by atoms with Crippen molar-refractivity contribution in [3.8, 4) is 0 Å². The Balaban J connectivity index is 2.57. The lowest BCUT2D eigenvalue weighted by molar-refractivity contribution is 0.916. The molecule has 0 aromatic heterocycles. The summed E-state index contributed by atoms with van der Waals surface area (Å²) in [7, 11) is 0. The van der Waals surface area contributed by atoms with Gasteiger partial charge in [0, 0.05) is 0 Å². The molecule has 0 aromatic carbocycles. The molecule has 0 aliphatic heterocycles. The van der Waals surface area contributed by atoms with Crippen molar-refractivity contribution in [3.05, 3.63) is 30.0 Å². The number of hydrogen-bond acceptors (Lipinski definition) is 0. The molecule has 0 atom stereocenters. The first-order chi connectivity index (χ1) is 3.93. The van der Waals surface area contributed by atoms with E-state index < -0.39 is 0 Å². The predicted molar refractivity (Wildman–Crippen MR) is 35.6 cm³/mol. The Hall–Kier alpha value is -0.740. The van der Waals surface area contributed by atoms with E-state index in [1.54, 1.807) is 0 Å².